The minimum absolute atomic E-state index is 0.101. The summed E-state index contributed by atoms with van der Waals surface area (Å²) in [6.45, 7) is 8.35. The Morgan fingerprint density at radius 2 is 1.81 bits per heavy atom. The van der Waals surface area contributed by atoms with E-state index in [9.17, 15) is 19.7 Å². The molecule has 0 aliphatic carbocycles. The first-order valence-corrected chi connectivity index (χ1v) is 8.28. The molecule has 1 unspecified atom stereocenters. The normalized spacial score (nSPS) is 17.2. The molecule has 1 heterocycles. The first-order valence-electron chi connectivity index (χ1n) is 8.28. The van der Waals surface area contributed by atoms with Gasteiger partial charge in [0.15, 0.2) is 5.78 Å². The van der Waals surface area contributed by atoms with E-state index in [-0.39, 0.29) is 23.1 Å². The Kier molecular flexibility index (Phi) is 5.59. The molecule has 1 N–H and O–H groups in total. The summed E-state index contributed by atoms with van der Waals surface area (Å²) < 4.78 is 5.35. The van der Waals surface area contributed by atoms with Gasteiger partial charge in [-0.25, -0.2) is 4.79 Å². The van der Waals surface area contributed by atoms with Gasteiger partial charge in [-0.15, -0.1) is 0 Å². The Balaban J connectivity index is 2.68. The van der Waals surface area contributed by atoms with Crippen molar-refractivity contribution in [3.8, 4) is 0 Å². The SMILES string of the molecule is CC(=O)C1=C(C)NC(C)=C(C(=O)OC(C)C)C1c1cccc([N+](=O)[O-])c1. The molecule has 7 nitrogen and oxygen atoms in total. The molecule has 0 aromatic heterocycles. The first-order chi connectivity index (χ1) is 12.1. The minimum atomic E-state index is -0.722. The Morgan fingerprint density at radius 3 is 2.35 bits per heavy atom. The largest absolute Gasteiger partial charge is 0.460 e. The minimum Gasteiger partial charge on any atom is -0.460 e. The van der Waals surface area contributed by atoms with E-state index in [2.05, 4.69) is 5.32 Å². The van der Waals surface area contributed by atoms with Gasteiger partial charge in [0.05, 0.1) is 16.6 Å². The Labute approximate surface area is 151 Å². The van der Waals surface area contributed by atoms with Gasteiger partial charge in [0, 0.05) is 35.0 Å². The highest BCUT2D eigenvalue weighted by atomic mass is 16.6. The Hall–Kier alpha value is -2.96. The number of nitro groups is 1. The maximum atomic E-state index is 12.7. The zero-order valence-electron chi connectivity index (χ0n) is 15.5. The summed E-state index contributed by atoms with van der Waals surface area (Å²) in [6.07, 6.45) is -0.332. The summed E-state index contributed by atoms with van der Waals surface area (Å²) in [5.41, 5.74) is 2.26. The molecule has 7 heteroatoms. The van der Waals surface area contributed by atoms with Gasteiger partial charge in [0.2, 0.25) is 0 Å². The number of hydrogen-bond donors (Lipinski definition) is 1. The molecule has 1 aliphatic rings. The van der Waals surface area contributed by atoms with Crippen LogP contribution in [0.25, 0.3) is 0 Å². The summed E-state index contributed by atoms with van der Waals surface area (Å²) >= 11 is 0. The van der Waals surface area contributed by atoms with Crippen LogP contribution in [0.2, 0.25) is 0 Å². The van der Waals surface area contributed by atoms with Gasteiger partial charge < -0.3 is 10.1 Å². The molecule has 2 rings (SSSR count). The maximum absolute atomic E-state index is 12.7. The summed E-state index contributed by atoms with van der Waals surface area (Å²) in [5, 5.41) is 14.2. The molecular formula is C19H22N2O5. The monoisotopic (exact) mass is 358 g/mol. The van der Waals surface area contributed by atoms with Crippen LogP contribution in [0, 0.1) is 10.1 Å². The van der Waals surface area contributed by atoms with Crippen molar-refractivity contribution >= 4 is 17.4 Å². The fourth-order valence-electron chi connectivity index (χ4n) is 3.16. The number of ether oxygens (including phenoxy) is 1. The number of carbonyl (C=O) groups is 2. The molecule has 1 aromatic rings. The molecule has 0 bridgehead atoms. The van der Waals surface area contributed by atoms with Gasteiger partial charge in [-0.3, -0.25) is 14.9 Å². The van der Waals surface area contributed by atoms with Gasteiger partial charge in [-0.1, -0.05) is 12.1 Å². The van der Waals surface area contributed by atoms with Crippen molar-refractivity contribution in [2.45, 2.75) is 46.6 Å². The van der Waals surface area contributed by atoms with Gasteiger partial charge in [-0.2, -0.15) is 0 Å². The molecule has 0 saturated carbocycles. The van der Waals surface area contributed by atoms with Crippen molar-refractivity contribution in [2.24, 2.45) is 0 Å². The van der Waals surface area contributed by atoms with Gasteiger partial charge in [0.1, 0.15) is 0 Å². The molecule has 26 heavy (non-hydrogen) atoms. The van der Waals surface area contributed by atoms with Crippen molar-refractivity contribution in [2.75, 3.05) is 0 Å². The van der Waals surface area contributed by atoms with Crippen molar-refractivity contribution in [3.05, 3.63) is 62.5 Å². The summed E-state index contributed by atoms with van der Waals surface area (Å²) in [5.74, 6) is -1.48. The average molecular weight is 358 g/mol. The number of nitrogens with one attached hydrogen (secondary N) is 1. The zero-order valence-corrected chi connectivity index (χ0v) is 15.5. The second-order valence-electron chi connectivity index (χ2n) is 6.50. The number of esters is 1. The highest BCUT2D eigenvalue weighted by Crippen LogP contribution is 2.40. The quantitative estimate of drug-likeness (QED) is 0.492. The van der Waals surface area contributed by atoms with E-state index in [1.54, 1.807) is 39.8 Å². The second-order valence-corrected chi connectivity index (χ2v) is 6.50. The fraction of sp³-hybridized carbons (Fsp3) is 0.368. The molecule has 0 fully saturated rings. The predicted octanol–water partition coefficient (Wildman–Crippen LogP) is 3.37. The van der Waals surface area contributed by atoms with E-state index >= 15 is 0 Å². The van der Waals surface area contributed by atoms with Crippen LogP contribution in [0.3, 0.4) is 0 Å². The number of carbonyl (C=O) groups excluding carboxylic acids is 2. The number of nitro benzene ring substituents is 1. The fourth-order valence-corrected chi connectivity index (χ4v) is 3.16. The molecule has 0 saturated heterocycles. The Bertz CT molecular complexity index is 836. The van der Waals surface area contributed by atoms with E-state index in [0.717, 1.165) is 0 Å². The molecule has 0 radical (unpaired) electrons. The molecule has 0 amide bonds. The molecular weight excluding hydrogens is 336 g/mol. The van der Waals surface area contributed by atoms with Crippen LogP contribution >= 0.6 is 0 Å². The molecule has 1 aliphatic heterocycles. The number of benzene rings is 1. The number of non-ortho nitro benzene ring substituents is 1. The van der Waals surface area contributed by atoms with Crippen LogP contribution < -0.4 is 5.32 Å². The third kappa shape index (κ3) is 3.82. The van der Waals surface area contributed by atoms with E-state index in [4.69, 9.17) is 4.74 Å². The van der Waals surface area contributed by atoms with Crippen LogP contribution in [0.15, 0.2) is 46.8 Å². The highest BCUT2D eigenvalue weighted by Gasteiger charge is 2.36. The van der Waals surface area contributed by atoms with Crippen molar-refractivity contribution in [3.63, 3.8) is 0 Å². The van der Waals surface area contributed by atoms with E-state index in [1.165, 1.54) is 19.1 Å². The number of rotatable bonds is 5. The lowest BCUT2D eigenvalue weighted by atomic mass is 9.79. The first kappa shape index (κ1) is 19.4. The van der Waals surface area contributed by atoms with Gasteiger partial charge >= 0.3 is 5.97 Å². The lowest BCUT2D eigenvalue weighted by Crippen LogP contribution is -2.32. The number of hydrogen-bond acceptors (Lipinski definition) is 6. The third-order valence-electron chi connectivity index (χ3n) is 4.12. The van der Waals surface area contributed by atoms with Crippen LogP contribution in [-0.2, 0) is 14.3 Å². The molecule has 0 spiro atoms. The third-order valence-corrected chi connectivity index (χ3v) is 4.12. The van der Waals surface area contributed by atoms with Crippen LogP contribution in [-0.4, -0.2) is 22.8 Å². The highest BCUT2D eigenvalue weighted by molar-refractivity contribution is 6.02. The van der Waals surface area contributed by atoms with Gasteiger partial charge in [0.25, 0.3) is 5.69 Å². The number of nitrogens with zero attached hydrogens (tertiary/aromatic N) is 1. The van der Waals surface area contributed by atoms with E-state index in [0.29, 0.717) is 22.5 Å². The zero-order chi connectivity index (χ0) is 19.6. The summed E-state index contributed by atoms with van der Waals surface area (Å²) in [7, 11) is 0. The smallest absolute Gasteiger partial charge is 0.337 e. The van der Waals surface area contributed by atoms with Crippen molar-refractivity contribution < 1.29 is 19.2 Å². The topological polar surface area (TPSA) is 98.5 Å². The van der Waals surface area contributed by atoms with Crippen LogP contribution in [0.5, 0.6) is 0 Å². The van der Waals surface area contributed by atoms with Crippen molar-refractivity contribution in [1.29, 1.82) is 0 Å². The van der Waals surface area contributed by atoms with Gasteiger partial charge in [-0.05, 0) is 40.2 Å². The number of allylic oxidation sites excluding steroid dienone is 3. The lowest BCUT2D eigenvalue weighted by Gasteiger charge is -2.30. The Morgan fingerprint density at radius 1 is 1.19 bits per heavy atom. The molecule has 1 atom stereocenters. The van der Waals surface area contributed by atoms with E-state index < -0.39 is 16.8 Å². The molecule has 1 aromatic carbocycles. The average Bonchev–Trinajstić information content (AvgIpc) is 2.52. The standard InChI is InChI=1S/C19H22N2O5/c1-10(2)26-19(23)17-12(4)20-11(3)16(13(5)22)18(17)14-7-6-8-15(9-14)21(24)25/h6-10,18,20H,1-5H3. The van der Waals surface area contributed by atoms with Crippen LogP contribution in [0.1, 0.15) is 46.1 Å². The van der Waals surface area contributed by atoms with Crippen LogP contribution in [0.4, 0.5) is 5.69 Å². The lowest BCUT2D eigenvalue weighted by molar-refractivity contribution is -0.384. The second kappa shape index (κ2) is 7.51. The van der Waals surface area contributed by atoms with Crippen molar-refractivity contribution in [1.82, 2.24) is 5.32 Å². The predicted molar refractivity (Wildman–Crippen MR) is 96.3 cm³/mol. The van der Waals surface area contributed by atoms with E-state index in [1.807, 2.05) is 0 Å². The number of dihydropyridines is 1. The molecule has 138 valence electrons. The number of Topliss-reactive ketones (excluding diaryl/α,β-unsaturated/α-hetero) is 1. The maximum Gasteiger partial charge on any atom is 0.337 e. The summed E-state index contributed by atoms with van der Waals surface area (Å²) in [4.78, 5) is 35.7. The number of ketones is 1. The summed E-state index contributed by atoms with van der Waals surface area (Å²) in [6, 6.07) is 5.98.